The average Bonchev–Trinajstić information content (AvgIpc) is 3.15. The van der Waals surface area contributed by atoms with Crippen LogP contribution in [-0.2, 0) is 11.2 Å². The van der Waals surface area contributed by atoms with Crippen LogP contribution in [0.25, 0.3) is 0 Å². The Bertz CT molecular complexity index is 596. The number of benzene rings is 1. The second-order valence-corrected chi connectivity index (χ2v) is 5.45. The lowest BCUT2D eigenvalue weighted by atomic mass is 9.95. The molecule has 1 aliphatic carbocycles. The maximum atomic E-state index is 12.4. The molecular weight excluding hydrogens is 240 g/mol. The monoisotopic (exact) mass is 254 g/mol. The predicted molar refractivity (Wildman–Crippen MR) is 68.1 cm³/mol. The van der Waals surface area contributed by atoms with Gasteiger partial charge in [-0.2, -0.15) is 5.26 Å². The summed E-state index contributed by atoms with van der Waals surface area (Å²) >= 11 is 0. The molecule has 0 unspecified atom stereocenters. The molecule has 0 saturated heterocycles. The summed E-state index contributed by atoms with van der Waals surface area (Å²) in [4.78, 5) is 25.8. The van der Waals surface area contributed by atoms with Crippen LogP contribution in [0, 0.1) is 16.7 Å². The summed E-state index contributed by atoms with van der Waals surface area (Å²) < 4.78 is 0. The number of amides is 2. The van der Waals surface area contributed by atoms with Crippen molar-refractivity contribution in [1.29, 1.82) is 5.26 Å². The molecule has 1 aromatic rings. The summed E-state index contributed by atoms with van der Waals surface area (Å²) in [5.41, 5.74) is 1.29. The molecular formula is C15H14N2O2. The van der Waals surface area contributed by atoms with Crippen molar-refractivity contribution in [1.82, 2.24) is 4.90 Å². The van der Waals surface area contributed by atoms with Crippen LogP contribution in [-0.4, -0.2) is 23.3 Å². The Hall–Kier alpha value is -2.15. The Labute approximate surface area is 111 Å². The molecule has 1 fully saturated rings. The van der Waals surface area contributed by atoms with Crippen molar-refractivity contribution < 1.29 is 9.59 Å². The predicted octanol–water partition coefficient (Wildman–Crippen LogP) is 1.91. The van der Waals surface area contributed by atoms with Gasteiger partial charge in [-0.15, -0.1) is 0 Å². The van der Waals surface area contributed by atoms with E-state index in [0.717, 1.165) is 18.4 Å². The number of hydrogen-bond acceptors (Lipinski definition) is 3. The number of nitrogens with zero attached hydrogens (tertiary/aromatic N) is 2. The molecule has 3 rings (SSSR count). The lowest BCUT2D eigenvalue weighted by Crippen LogP contribution is -2.45. The molecule has 4 heteroatoms. The van der Waals surface area contributed by atoms with Gasteiger partial charge in [0.2, 0.25) is 5.91 Å². The minimum Gasteiger partial charge on any atom is -0.278 e. The zero-order chi connectivity index (χ0) is 13.5. The Balaban J connectivity index is 1.86. The fourth-order valence-electron chi connectivity index (χ4n) is 2.63. The van der Waals surface area contributed by atoms with Crippen LogP contribution in [0.15, 0.2) is 24.3 Å². The van der Waals surface area contributed by atoms with E-state index in [2.05, 4.69) is 6.07 Å². The molecule has 4 nitrogen and oxygen atoms in total. The molecule has 0 radical (unpaired) electrons. The van der Waals surface area contributed by atoms with Gasteiger partial charge in [-0.3, -0.25) is 14.5 Å². The van der Waals surface area contributed by atoms with Crippen LogP contribution < -0.4 is 0 Å². The zero-order valence-electron chi connectivity index (χ0n) is 10.6. The van der Waals surface area contributed by atoms with E-state index in [1.165, 1.54) is 4.90 Å². The molecule has 0 N–H and O–H groups in total. The summed E-state index contributed by atoms with van der Waals surface area (Å²) in [7, 11) is 0. The highest BCUT2D eigenvalue weighted by molar-refractivity contribution is 6.09. The summed E-state index contributed by atoms with van der Waals surface area (Å²) in [6, 6.07) is 9.40. The smallest absolute Gasteiger partial charge is 0.260 e. The number of carbonyl (C=O) groups excluding carboxylic acids is 2. The third-order valence-corrected chi connectivity index (χ3v) is 4.04. The fourth-order valence-corrected chi connectivity index (χ4v) is 2.63. The van der Waals surface area contributed by atoms with Gasteiger partial charge >= 0.3 is 0 Å². The lowest BCUT2D eigenvalue weighted by molar-refractivity contribution is -0.129. The van der Waals surface area contributed by atoms with E-state index >= 15 is 0 Å². The van der Waals surface area contributed by atoms with Gasteiger partial charge in [-0.25, -0.2) is 0 Å². The second-order valence-electron chi connectivity index (χ2n) is 5.45. The van der Waals surface area contributed by atoms with E-state index in [4.69, 9.17) is 5.26 Å². The van der Waals surface area contributed by atoms with E-state index in [1.54, 1.807) is 6.07 Å². The van der Waals surface area contributed by atoms with Crippen molar-refractivity contribution in [3.63, 3.8) is 0 Å². The molecule has 1 aliphatic heterocycles. The van der Waals surface area contributed by atoms with Crippen LogP contribution in [0.1, 0.15) is 35.2 Å². The number of hydrogen-bond donors (Lipinski definition) is 0. The van der Waals surface area contributed by atoms with Crippen molar-refractivity contribution in [2.75, 3.05) is 6.54 Å². The quantitative estimate of drug-likeness (QED) is 0.774. The molecule has 0 spiro atoms. The largest absolute Gasteiger partial charge is 0.278 e. The average molecular weight is 254 g/mol. The van der Waals surface area contributed by atoms with Gasteiger partial charge in [0.1, 0.15) is 0 Å². The van der Waals surface area contributed by atoms with E-state index in [0.29, 0.717) is 18.5 Å². The fraction of sp³-hybridized carbons (Fsp3) is 0.400. The first-order chi connectivity index (χ1) is 9.15. The summed E-state index contributed by atoms with van der Waals surface area (Å²) in [6.45, 7) is 0.395. The van der Waals surface area contributed by atoms with Crippen LogP contribution in [0.5, 0.6) is 0 Å². The van der Waals surface area contributed by atoms with E-state index in [-0.39, 0.29) is 23.7 Å². The third kappa shape index (κ3) is 2.01. The highest BCUT2D eigenvalue weighted by Gasteiger charge is 2.46. The van der Waals surface area contributed by atoms with E-state index in [9.17, 15) is 9.59 Å². The third-order valence-electron chi connectivity index (χ3n) is 4.04. The maximum absolute atomic E-state index is 12.4. The molecule has 0 atom stereocenters. The molecule has 1 aromatic carbocycles. The SMILES string of the molecule is N#CCC1(CN2C(=O)Cc3ccccc3C2=O)CC1. The second kappa shape index (κ2) is 4.20. The van der Waals surface area contributed by atoms with Crippen LogP contribution in [0.3, 0.4) is 0 Å². The minimum atomic E-state index is -0.212. The Morgan fingerprint density at radius 3 is 2.68 bits per heavy atom. The standard InChI is InChI=1S/C15H14N2O2/c16-8-7-15(5-6-15)10-17-13(18)9-11-3-1-2-4-12(11)14(17)19/h1-4H,5-7,9-10H2. The summed E-state index contributed by atoms with van der Waals surface area (Å²) in [5.74, 6) is -0.357. The number of carbonyl (C=O) groups is 2. The molecule has 2 aliphatic rings. The first-order valence-electron chi connectivity index (χ1n) is 6.45. The normalized spacial score (nSPS) is 19.8. The van der Waals surface area contributed by atoms with Crippen molar-refractivity contribution in [3.05, 3.63) is 35.4 Å². The highest BCUT2D eigenvalue weighted by atomic mass is 16.2. The maximum Gasteiger partial charge on any atom is 0.260 e. The molecule has 2 amide bonds. The van der Waals surface area contributed by atoms with Gasteiger partial charge < -0.3 is 0 Å². The molecule has 1 saturated carbocycles. The van der Waals surface area contributed by atoms with Gasteiger partial charge in [0.15, 0.2) is 0 Å². The first-order valence-corrected chi connectivity index (χ1v) is 6.45. The van der Waals surface area contributed by atoms with E-state index in [1.807, 2.05) is 18.2 Å². The van der Waals surface area contributed by atoms with Gasteiger partial charge in [0.25, 0.3) is 5.91 Å². The van der Waals surface area contributed by atoms with Crippen LogP contribution in [0.4, 0.5) is 0 Å². The van der Waals surface area contributed by atoms with Gasteiger partial charge in [0.05, 0.1) is 12.5 Å². The summed E-state index contributed by atoms with van der Waals surface area (Å²) in [5, 5.41) is 8.82. The van der Waals surface area contributed by atoms with Gasteiger partial charge in [-0.05, 0) is 24.5 Å². The highest BCUT2D eigenvalue weighted by Crippen LogP contribution is 2.49. The lowest BCUT2D eigenvalue weighted by Gasteiger charge is -2.29. The topological polar surface area (TPSA) is 61.2 Å². The summed E-state index contributed by atoms with van der Waals surface area (Å²) in [6.07, 6.45) is 2.56. The van der Waals surface area contributed by atoms with E-state index < -0.39 is 0 Å². The van der Waals surface area contributed by atoms with Crippen molar-refractivity contribution in [2.45, 2.75) is 25.7 Å². The zero-order valence-corrected chi connectivity index (χ0v) is 10.6. The Morgan fingerprint density at radius 2 is 2.00 bits per heavy atom. The Kier molecular flexibility index (Phi) is 2.63. The molecule has 1 heterocycles. The first kappa shape index (κ1) is 11.9. The van der Waals surface area contributed by atoms with Crippen LogP contribution in [0.2, 0.25) is 0 Å². The number of fused-ring (bicyclic) bond motifs is 1. The Morgan fingerprint density at radius 1 is 1.26 bits per heavy atom. The minimum absolute atomic E-state index is 0.133. The van der Waals surface area contributed by atoms with Crippen molar-refractivity contribution in [2.24, 2.45) is 5.41 Å². The van der Waals surface area contributed by atoms with Crippen molar-refractivity contribution in [3.8, 4) is 6.07 Å². The molecule has 0 bridgehead atoms. The number of imide groups is 1. The number of nitriles is 1. The van der Waals surface area contributed by atoms with Crippen LogP contribution >= 0.6 is 0 Å². The molecule has 96 valence electrons. The van der Waals surface area contributed by atoms with Crippen molar-refractivity contribution >= 4 is 11.8 Å². The molecule has 19 heavy (non-hydrogen) atoms. The molecule has 0 aromatic heterocycles. The number of rotatable bonds is 3. The van der Waals surface area contributed by atoms with Gasteiger partial charge in [0, 0.05) is 23.9 Å². The van der Waals surface area contributed by atoms with Gasteiger partial charge in [-0.1, -0.05) is 18.2 Å².